The van der Waals surface area contributed by atoms with Crippen molar-refractivity contribution in [2.24, 2.45) is 0 Å². The van der Waals surface area contributed by atoms with E-state index in [4.69, 9.17) is 185 Å². The SMILES string of the molecule is ClC1C(Cl)C(Cl)C(Cl)C(Cl)C1Cl.O=P(O)(O)O.O=P(O)(O)O.O=P(O)(O)O.O=P(O)(O)O.O=P(O)(O)O.O=P(O)(O)O. The van der Waals surface area contributed by atoms with E-state index < -0.39 is 79.2 Å². The molecule has 1 aliphatic rings. The largest absolute Gasteiger partial charge is 0.466 e. The van der Waals surface area contributed by atoms with Gasteiger partial charge in [0.2, 0.25) is 0 Å². The van der Waals surface area contributed by atoms with Crippen molar-refractivity contribution in [1.82, 2.24) is 0 Å². The van der Waals surface area contributed by atoms with E-state index in [-0.39, 0.29) is 0 Å². The van der Waals surface area contributed by atoms with E-state index in [1.54, 1.807) is 0 Å². The molecule has 0 unspecified atom stereocenters. The molecule has 0 radical (unpaired) electrons. The lowest BCUT2D eigenvalue weighted by Crippen LogP contribution is -2.52. The van der Waals surface area contributed by atoms with Gasteiger partial charge < -0.3 is 88.1 Å². The number of rotatable bonds is 0. The lowest BCUT2D eigenvalue weighted by atomic mass is 9.97. The molecule has 1 aliphatic carbocycles. The molecule has 264 valence electrons. The van der Waals surface area contributed by atoms with Crippen molar-refractivity contribution in [1.29, 1.82) is 0 Å². The zero-order chi connectivity index (χ0) is 36.5. The van der Waals surface area contributed by atoms with Gasteiger partial charge in [0.1, 0.15) is 0 Å². The molecule has 0 aromatic carbocycles. The maximum atomic E-state index is 8.88. The van der Waals surface area contributed by atoms with Crippen molar-refractivity contribution in [2.75, 3.05) is 0 Å². The Morgan fingerprint density at radius 1 is 0.238 bits per heavy atom. The van der Waals surface area contributed by atoms with Gasteiger partial charge in [-0.1, -0.05) is 0 Å². The molecule has 1 rings (SSSR count). The standard InChI is InChI=1S/C6H6Cl6.6H3O4P/c7-1-2(8)4(10)6(12)5(11)3(1)9;6*1-5(2,3)4/h1-6H;6*(H3,1,2,3,4). The Kier molecular flexibility index (Phi) is 33.1. The molecule has 0 aromatic heterocycles. The van der Waals surface area contributed by atoms with Gasteiger partial charge in [0.15, 0.2) is 0 Å². The maximum Gasteiger partial charge on any atom is 0.466 e. The van der Waals surface area contributed by atoms with Gasteiger partial charge in [-0.15, -0.1) is 69.6 Å². The average Bonchev–Trinajstić information content (AvgIpc) is 2.55. The van der Waals surface area contributed by atoms with Crippen LogP contribution in [-0.4, -0.2) is 120 Å². The second-order valence-corrected chi connectivity index (χ2v) is 14.9. The van der Waals surface area contributed by atoms with Crippen molar-refractivity contribution >= 4 is 117 Å². The van der Waals surface area contributed by atoms with Crippen LogP contribution in [0.4, 0.5) is 0 Å². The Labute approximate surface area is 263 Å². The van der Waals surface area contributed by atoms with Crippen LogP contribution in [-0.2, 0) is 27.4 Å². The van der Waals surface area contributed by atoms with E-state index in [0.717, 1.165) is 0 Å². The van der Waals surface area contributed by atoms with Gasteiger partial charge in [-0.05, 0) is 0 Å². The monoisotopic (exact) mass is 876 g/mol. The summed E-state index contributed by atoms with van der Waals surface area (Å²) >= 11 is 35.3. The number of hydrogen-bond acceptors (Lipinski definition) is 6. The van der Waals surface area contributed by atoms with E-state index >= 15 is 0 Å². The van der Waals surface area contributed by atoms with E-state index in [1.165, 1.54) is 0 Å². The minimum Gasteiger partial charge on any atom is -0.303 e. The van der Waals surface area contributed by atoms with Crippen LogP contribution < -0.4 is 0 Å². The summed E-state index contributed by atoms with van der Waals surface area (Å²) in [5, 5.41) is -2.62. The summed E-state index contributed by atoms with van der Waals surface area (Å²) in [5.41, 5.74) is 0. The highest BCUT2D eigenvalue weighted by atomic mass is 35.5. The third-order valence-electron chi connectivity index (χ3n) is 1.83. The van der Waals surface area contributed by atoms with Crippen molar-refractivity contribution in [3.05, 3.63) is 0 Å². The quantitative estimate of drug-likeness (QED) is 0.0931. The molecule has 1 fully saturated rings. The number of hydrogen-bond donors (Lipinski definition) is 18. The van der Waals surface area contributed by atoms with Crippen molar-refractivity contribution in [2.45, 2.75) is 32.3 Å². The van der Waals surface area contributed by atoms with Gasteiger partial charge in [-0.3, -0.25) is 0 Å². The van der Waals surface area contributed by atoms with Crippen LogP contribution in [0, 0.1) is 0 Å². The zero-order valence-electron chi connectivity index (χ0n) is 18.9. The summed E-state index contributed by atoms with van der Waals surface area (Å²) < 4.78 is 53.3. The second-order valence-electron chi connectivity index (χ2n) is 5.75. The Hall–Kier alpha value is 2.40. The summed E-state index contributed by atoms with van der Waals surface area (Å²) in [6.07, 6.45) is 0. The molecule has 0 spiro atoms. The summed E-state index contributed by atoms with van der Waals surface area (Å²) in [5.74, 6) is 0. The van der Waals surface area contributed by atoms with Crippen molar-refractivity contribution in [3.63, 3.8) is 0 Å². The molecule has 0 saturated heterocycles. The van der Waals surface area contributed by atoms with Crippen LogP contribution in [0.3, 0.4) is 0 Å². The van der Waals surface area contributed by atoms with Crippen molar-refractivity contribution < 1.29 is 115 Å². The topological polar surface area (TPSA) is 467 Å². The van der Waals surface area contributed by atoms with Gasteiger partial charge in [-0.2, -0.15) is 0 Å². The molecule has 0 heterocycles. The lowest BCUT2D eigenvalue weighted by molar-refractivity contribution is 0.272. The van der Waals surface area contributed by atoms with Gasteiger partial charge in [0.25, 0.3) is 0 Å². The maximum absolute atomic E-state index is 8.88. The Morgan fingerprint density at radius 3 is 0.286 bits per heavy atom. The van der Waals surface area contributed by atoms with Gasteiger partial charge >= 0.3 is 46.9 Å². The second kappa shape index (κ2) is 24.5. The van der Waals surface area contributed by atoms with Crippen molar-refractivity contribution in [3.8, 4) is 0 Å². The van der Waals surface area contributed by atoms with E-state index in [2.05, 4.69) is 0 Å². The molecule has 42 heavy (non-hydrogen) atoms. The Bertz CT molecular complexity index is 715. The molecule has 0 bridgehead atoms. The zero-order valence-corrected chi connectivity index (χ0v) is 28.8. The highest BCUT2D eigenvalue weighted by molar-refractivity contribution is 7.46. The van der Waals surface area contributed by atoms with Crippen LogP contribution >= 0.6 is 117 Å². The molecule has 0 atom stereocenters. The fraction of sp³-hybridized carbons (Fsp3) is 1.00. The smallest absolute Gasteiger partial charge is 0.303 e. The summed E-state index contributed by atoms with van der Waals surface area (Å²) in [4.78, 5) is 129. The molecule has 24 nitrogen and oxygen atoms in total. The summed E-state index contributed by atoms with van der Waals surface area (Å²) in [6, 6.07) is 0. The third-order valence-corrected chi connectivity index (χ3v) is 5.86. The van der Waals surface area contributed by atoms with E-state index in [0.29, 0.717) is 0 Å². The predicted molar refractivity (Wildman–Crippen MR) is 143 cm³/mol. The van der Waals surface area contributed by atoms with Gasteiger partial charge in [0.05, 0.1) is 32.3 Å². The number of alkyl halides is 6. The number of halogens is 6. The fourth-order valence-corrected chi connectivity index (χ4v) is 3.38. The molecule has 0 amide bonds. The third kappa shape index (κ3) is 104. The highest BCUT2D eigenvalue weighted by Gasteiger charge is 2.46. The first-order valence-electron chi connectivity index (χ1n) is 8.00. The average molecular weight is 879 g/mol. The van der Waals surface area contributed by atoms with E-state index in [9.17, 15) is 0 Å². The molecule has 0 aromatic rings. The van der Waals surface area contributed by atoms with Crippen LogP contribution in [0.25, 0.3) is 0 Å². The fourth-order valence-electron chi connectivity index (χ4n) is 1.05. The lowest BCUT2D eigenvalue weighted by Gasteiger charge is -2.37. The van der Waals surface area contributed by atoms with Crippen LogP contribution in [0.15, 0.2) is 0 Å². The first-order valence-corrected chi connectivity index (χ1v) is 20.0. The normalized spacial score (nSPS) is 24.3. The molecule has 36 heteroatoms. The molecule has 1 saturated carbocycles. The van der Waals surface area contributed by atoms with Gasteiger partial charge in [0, 0.05) is 0 Å². The summed E-state index contributed by atoms with van der Waals surface area (Å²) in [7, 11) is -27.8. The minimum atomic E-state index is -4.64. The molecule has 0 aliphatic heterocycles. The van der Waals surface area contributed by atoms with E-state index in [1.807, 2.05) is 0 Å². The number of phosphoric acid groups is 6. The highest BCUT2D eigenvalue weighted by Crippen LogP contribution is 2.39. The van der Waals surface area contributed by atoms with Crippen LogP contribution in [0.1, 0.15) is 0 Å². The molecular weight excluding hydrogens is 855 g/mol. The first-order chi connectivity index (χ1) is 17.5. The Morgan fingerprint density at radius 2 is 0.262 bits per heavy atom. The van der Waals surface area contributed by atoms with Crippen LogP contribution in [0.5, 0.6) is 0 Å². The van der Waals surface area contributed by atoms with Crippen LogP contribution in [0.2, 0.25) is 0 Å². The minimum absolute atomic E-state index is 0.437. The Balaban J connectivity index is -0.0000000944. The van der Waals surface area contributed by atoms with Gasteiger partial charge in [-0.25, -0.2) is 27.4 Å². The first kappa shape index (κ1) is 56.7. The molecular formula is C6H24Cl6O24P6. The summed E-state index contributed by atoms with van der Waals surface area (Å²) in [6.45, 7) is 0. The molecule has 18 N–H and O–H groups in total. The predicted octanol–water partition coefficient (Wildman–Crippen LogP) is -1.93.